The summed E-state index contributed by atoms with van der Waals surface area (Å²) in [6, 6.07) is 17.1. The molecule has 0 aliphatic heterocycles. The van der Waals surface area contributed by atoms with Gasteiger partial charge in [0.25, 0.3) is 0 Å². The number of unbranched alkanes of at least 4 members (excludes halogenated alkanes) is 1. The van der Waals surface area contributed by atoms with Crippen LogP contribution in [-0.4, -0.2) is 12.6 Å². The van der Waals surface area contributed by atoms with Gasteiger partial charge in [0, 0.05) is 0 Å². The number of carbonyl (C=O) groups is 1. The minimum Gasteiger partial charge on any atom is -0.542 e. The Hall–Kier alpha value is -2.75. The van der Waals surface area contributed by atoms with Crippen LogP contribution in [0.5, 0.6) is 5.75 Å². The van der Waals surface area contributed by atoms with Gasteiger partial charge in [0.2, 0.25) is 0 Å². The first kappa shape index (κ1) is 17.6. The zero-order chi connectivity index (χ0) is 17.2. The summed E-state index contributed by atoms with van der Waals surface area (Å²) in [6.45, 7) is 2.87. The summed E-state index contributed by atoms with van der Waals surface area (Å²) in [4.78, 5) is 11.1. The summed E-state index contributed by atoms with van der Waals surface area (Å²) in [5, 5.41) is 11.1. The molecular weight excluding hydrogens is 304 g/mol. The number of carboxylic acid groups (broad SMARTS) is 1. The topological polar surface area (TPSA) is 58.6 Å². The normalized spacial score (nSPS) is 11.1. The highest BCUT2D eigenvalue weighted by Crippen LogP contribution is 2.16. The van der Waals surface area contributed by atoms with Gasteiger partial charge in [-0.3, -0.25) is 0 Å². The van der Waals surface area contributed by atoms with Crippen LogP contribution in [0.3, 0.4) is 0 Å². The number of carboxylic acids is 1. The van der Waals surface area contributed by atoms with E-state index in [4.69, 9.17) is 9.47 Å². The van der Waals surface area contributed by atoms with Crippen molar-refractivity contribution < 1.29 is 19.4 Å². The lowest BCUT2D eigenvalue weighted by atomic mass is 10.2. The second-order valence-electron chi connectivity index (χ2n) is 5.34. The van der Waals surface area contributed by atoms with Crippen LogP contribution in [0, 0.1) is 0 Å². The lowest BCUT2D eigenvalue weighted by Crippen LogP contribution is -2.26. The predicted octanol–water partition coefficient (Wildman–Crippen LogP) is 3.17. The first-order chi connectivity index (χ1) is 11.7. The van der Waals surface area contributed by atoms with Crippen molar-refractivity contribution in [3.63, 3.8) is 0 Å². The van der Waals surface area contributed by atoms with E-state index in [1.807, 2.05) is 37.3 Å². The first-order valence-electron chi connectivity index (χ1n) is 8.01. The van der Waals surface area contributed by atoms with E-state index in [0.29, 0.717) is 13.2 Å². The molecule has 0 bridgehead atoms. The number of carbonyl (C=O) groups excluding carboxylic acids is 1. The highest BCUT2D eigenvalue weighted by Gasteiger charge is 2.01. The Bertz CT molecular complexity index is 660. The Balaban J connectivity index is 1.96. The maximum absolute atomic E-state index is 11.1. The summed E-state index contributed by atoms with van der Waals surface area (Å²) in [7, 11) is 0. The number of hydrogen-bond donors (Lipinski definition) is 0. The van der Waals surface area contributed by atoms with Crippen LogP contribution >= 0.6 is 0 Å². The number of rotatable bonds is 9. The minimum atomic E-state index is -1.31. The molecule has 0 heterocycles. The number of hydrogen-bond acceptors (Lipinski definition) is 4. The Morgan fingerprint density at radius 3 is 2.42 bits per heavy atom. The van der Waals surface area contributed by atoms with Gasteiger partial charge < -0.3 is 19.4 Å². The van der Waals surface area contributed by atoms with Gasteiger partial charge in [-0.15, -0.1) is 0 Å². The predicted molar refractivity (Wildman–Crippen MR) is 91.1 cm³/mol. The summed E-state index contributed by atoms with van der Waals surface area (Å²) in [5.41, 5.74) is 1.81. The van der Waals surface area contributed by atoms with E-state index < -0.39 is 5.97 Å². The molecule has 126 valence electrons. The van der Waals surface area contributed by atoms with Gasteiger partial charge in [-0.2, -0.15) is 0 Å². The lowest BCUT2D eigenvalue weighted by Gasteiger charge is -2.11. The van der Waals surface area contributed by atoms with E-state index >= 15 is 0 Å². The standard InChI is InChI=1S/C20H22O4/c1-2-3-13-23-19(20(21)22)14-16-9-11-18(12-10-16)24-15-17-7-5-4-6-8-17/h4-12,14H,2-3,13,15H2,1H3,(H,21,22)/p-1/b19-14-. The van der Waals surface area contributed by atoms with Crippen molar-refractivity contribution in [1.82, 2.24) is 0 Å². The minimum absolute atomic E-state index is 0.151. The van der Waals surface area contributed by atoms with Crippen LogP contribution < -0.4 is 9.84 Å². The Morgan fingerprint density at radius 2 is 1.79 bits per heavy atom. The molecule has 0 unspecified atom stereocenters. The highest BCUT2D eigenvalue weighted by molar-refractivity contribution is 5.88. The van der Waals surface area contributed by atoms with Crippen LogP contribution in [0.2, 0.25) is 0 Å². The highest BCUT2D eigenvalue weighted by atomic mass is 16.5. The second kappa shape index (κ2) is 9.40. The van der Waals surface area contributed by atoms with Crippen molar-refractivity contribution in [2.24, 2.45) is 0 Å². The molecule has 0 saturated heterocycles. The Kier molecular flexibility index (Phi) is 6.90. The molecule has 0 N–H and O–H groups in total. The van der Waals surface area contributed by atoms with Crippen molar-refractivity contribution in [3.8, 4) is 5.75 Å². The quantitative estimate of drug-likeness (QED) is 0.404. The van der Waals surface area contributed by atoms with Gasteiger partial charge in [-0.25, -0.2) is 0 Å². The molecule has 2 aromatic rings. The van der Waals surface area contributed by atoms with Crippen LogP contribution in [0.15, 0.2) is 60.4 Å². The molecule has 0 radical (unpaired) electrons. The van der Waals surface area contributed by atoms with Crippen molar-refractivity contribution in [2.45, 2.75) is 26.4 Å². The molecule has 0 saturated carbocycles. The van der Waals surface area contributed by atoms with Crippen molar-refractivity contribution in [1.29, 1.82) is 0 Å². The fourth-order valence-corrected chi connectivity index (χ4v) is 2.04. The monoisotopic (exact) mass is 325 g/mol. The van der Waals surface area contributed by atoms with Crippen LogP contribution in [-0.2, 0) is 16.1 Å². The van der Waals surface area contributed by atoms with Gasteiger partial charge in [0.05, 0.1) is 6.61 Å². The maximum Gasteiger partial charge on any atom is 0.142 e. The van der Waals surface area contributed by atoms with Crippen LogP contribution in [0.4, 0.5) is 0 Å². The van der Waals surface area contributed by atoms with E-state index in [2.05, 4.69) is 0 Å². The van der Waals surface area contributed by atoms with Crippen LogP contribution in [0.25, 0.3) is 6.08 Å². The lowest BCUT2D eigenvalue weighted by molar-refractivity contribution is -0.303. The molecule has 4 heteroatoms. The Morgan fingerprint density at radius 1 is 1.08 bits per heavy atom. The fourth-order valence-electron chi connectivity index (χ4n) is 2.04. The molecule has 2 aromatic carbocycles. The van der Waals surface area contributed by atoms with Gasteiger partial charge >= 0.3 is 0 Å². The third-order valence-electron chi connectivity index (χ3n) is 3.38. The second-order valence-corrected chi connectivity index (χ2v) is 5.34. The molecule has 0 atom stereocenters. The zero-order valence-corrected chi connectivity index (χ0v) is 13.7. The van der Waals surface area contributed by atoms with Crippen molar-refractivity contribution in [2.75, 3.05) is 6.61 Å². The SMILES string of the molecule is CCCCO/C(=C\c1ccc(OCc2ccccc2)cc1)C(=O)[O-]. The summed E-state index contributed by atoms with van der Waals surface area (Å²) < 4.78 is 10.9. The van der Waals surface area contributed by atoms with Gasteiger partial charge in [0.15, 0.2) is 0 Å². The average molecular weight is 325 g/mol. The average Bonchev–Trinajstić information content (AvgIpc) is 2.61. The summed E-state index contributed by atoms with van der Waals surface area (Å²) in [6.07, 6.45) is 3.20. The van der Waals surface area contributed by atoms with Crippen molar-refractivity contribution in [3.05, 3.63) is 71.5 Å². The molecule has 4 nitrogen and oxygen atoms in total. The number of aliphatic carboxylic acids is 1. The molecule has 0 fully saturated rings. The first-order valence-corrected chi connectivity index (χ1v) is 8.01. The van der Waals surface area contributed by atoms with Gasteiger partial charge in [-0.05, 0) is 35.8 Å². The third-order valence-corrected chi connectivity index (χ3v) is 3.38. The summed E-state index contributed by atoms with van der Waals surface area (Å²) in [5.74, 6) is -0.741. The molecule has 0 aliphatic carbocycles. The van der Waals surface area contributed by atoms with Gasteiger partial charge in [0.1, 0.15) is 24.1 Å². The molecule has 0 amide bonds. The number of benzene rings is 2. The third kappa shape index (κ3) is 5.80. The van der Waals surface area contributed by atoms with Gasteiger partial charge in [-0.1, -0.05) is 55.8 Å². The molecule has 0 spiro atoms. The van der Waals surface area contributed by atoms with E-state index in [0.717, 1.165) is 29.7 Å². The van der Waals surface area contributed by atoms with E-state index in [1.165, 1.54) is 6.08 Å². The molecule has 0 aliphatic rings. The van der Waals surface area contributed by atoms with Crippen LogP contribution in [0.1, 0.15) is 30.9 Å². The zero-order valence-electron chi connectivity index (χ0n) is 13.7. The molecule has 24 heavy (non-hydrogen) atoms. The number of ether oxygens (including phenoxy) is 2. The smallest absolute Gasteiger partial charge is 0.142 e. The molecular formula is C20H21O4-. The fraction of sp³-hybridized carbons (Fsp3) is 0.250. The molecule has 0 aromatic heterocycles. The van der Waals surface area contributed by atoms with E-state index in [-0.39, 0.29) is 5.76 Å². The largest absolute Gasteiger partial charge is 0.542 e. The molecule has 2 rings (SSSR count). The van der Waals surface area contributed by atoms with Crippen molar-refractivity contribution >= 4 is 12.0 Å². The Labute approximate surface area is 142 Å². The summed E-state index contributed by atoms with van der Waals surface area (Å²) >= 11 is 0. The van der Waals surface area contributed by atoms with E-state index in [1.54, 1.807) is 24.3 Å². The van der Waals surface area contributed by atoms with E-state index in [9.17, 15) is 9.90 Å². The maximum atomic E-state index is 11.1.